The van der Waals surface area contributed by atoms with Crippen molar-refractivity contribution in [2.75, 3.05) is 0 Å². The molecule has 1 saturated carbocycles. The van der Waals surface area contributed by atoms with Crippen LogP contribution in [0.3, 0.4) is 0 Å². The Labute approximate surface area is 191 Å². The zero-order valence-corrected chi connectivity index (χ0v) is 18.9. The van der Waals surface area contributed by atoms with E-state index in [4.69, 9.17) is 0 Å². The van der Waals surface area contributed by atoms with Crippen molar-refractivity contribution >= 4 is 29.1 Å². The lowest BCUT2D eigenvalue weighted by molar-refractivity contribution is 0.444. The highest BCUT2D eigenvalue weighted by atomic mass is 14.8. The van der Waals surface area contributed by atoms with Gasteiger partial charge in [0.2, 0.25) is 0 Å². The van der Waals surface area contributed by atoms with E-state index in [1.54, 1.807) is 0 Å². The number of aliphatic imine (C=N–C) groups is 4. The Morgan fingerprint density at radius 3 is 1.72 bits per heavy atom. The lowest BCUT2D eigenvalue weighted by Crippen LogP contribution is -2.08. The van der Waals surface area contributed by atoms with Crippen molar-refractivity contribution in [1.82, 2.24) is 0 Å². The van der Waals surface area contributed by atoms with Gasteiger partial charge in [-0.1, -0.05) is 73.9 Å². The van der Waals surface area contributed by atoms with Crippen molar-refractivity contribution in [3.63, 3.8) is 0 Å². The van der Waals surface area contributed by atoms with Crippen LogP contribution in [-0.4, -0.2) is 18.1 Å². The summed E-state index contributed by atoms with van der Waals surface area (Å²) in [5.41, 5.74) is 5.04. The van der Waals surface area contributed by atoms with E-state index in [1.165, 1.54) is 37.7 Å². The molecule has 0 atom stereocenters. The summed E-state index contributed by atoms with van der Waals surface area (Å²) in [5.74, 6) is 0. The molecule has 0 radical (unpaired) electrons. The smallest absolute Gasteiger partial charge is 0.100 e. The highest BCUT2D eigenvalue weighted by molar-refractivity contribution is 5.59. The molecule has 0 N–H and O–H groups in total. The van der Waals surface area contributed by atoms with E-state index >= 15 is 0 Å². The van der Waals surface area contributed by atoms with Gasteiger partial charge in [0, 0.05) is 0 Å². The van der Waals surface area contributed by atoms with Gasteiger partial charge in [0.15, 0.2) is 0 Å². The summed E-state index contributed by atoms with van der Waals surface area (Å²) in [7, 11) is 0. The molecular weight excluding hydrogens is 392 g/mol. The van der Waals surface area contributed by atoms with Gasteiger partial charge in [0.1, 0.15) is 6.01 Å². The first-order chi connectivity index (χ1) is 15.7. The molecule has 3 aromatic rings. The molecule has 0 heterocycles. The molecule has 4 rings (SSSR count). The Bertz CT molecular complexity index is 1100. The second-order valence-corrected chi connectivity index (χ2v) is 7.86. The van der Waals surface area contributed by atoms with Crippen molar-refractivity contribution in [1.29, 1.82) is 0 Å². The van der Waals surface area contributed by atoms with Crippen LogP contribution in [-0.2, 0) is 0 Å². The minimum absolute atomic E-state index is 0.460. The fourth-order valence-corrected chi connectivity index (χ4v) is 3.39. The van der Waals surface area contributed by atoms with E-state index in [9.17, 15) is 0 Å². The fourth-order valence-electron chi connectivity index (χ4n) is 3.39. The number of benzene rings is 3. The average Bonchev–Trinajstić information content (AvgIpc) is 2.83. The van der Waals surface area contributed by atoms with Crippen LogP contribution >= 0.6 is 0 Å². The van der Waals surface area contributed by atoms with Gasteiger partial charge in [0.25, 0.3) is 0 Å². The molecule has 4 heteroatoms. The summed E-state index contributed by atoms with van der Waals surface area (Å²) in [5, 5.41) is 0. The number of rotatable bonds is 4. The van der Waals surface area contributed by atoms with Gasteiger partial charge in [-0.2, -0.15) is 15.0 Å². The number of nitrogens with zero attached hydrogens (tertiary/aromatic N) is 4. The molecule has 3 aromatic carbocycles. The standard InChI is InChI=1S/C14H18N2.C14H12N2/c2*1-12-7-5-6-10-14(12)16-11-15-13-8-3-2-4-9-13/h5-7,10,13H,2-4,8-9H2,1H3;2-10H,1H3. The summed E-state index contributed by atoms with van der Waals surface area (Å²) in [6.45, 7) is 4.07. The second-order valence-electron chi connectivity index (χ2n) is 7.86. The number of aryl methyl sites for hydroxylation is 2. The normalized spacial score (nSPS) is 12.9. The topological polar surface area (TPSA) is 49.4 Å². The van der Waals surface area contributed by atoms with Crippen molar-refractivity contribution < 1.29 is 0 Å². The fraction of sp³-hybridized carbons (Fsp3) is 0.286. The van der Waals surface area contributed by atoms with Crippen molar-refractivity contribution in [2.45, 2.75) is 52.0 Å². The van der Waals surface area contributed by atoms with Gasteiger partial charge >= 0.3 is 0 Å². The van der Waals surface area contributed by atoms with Gasteiger partial charge in [-0.25, -0.2) is 4.99 Å². The molecule has 0 saturated heterocycles. The Hall–Kier alpha value is -3.58. The van der Waals surface area contributed by atoms with Gasteiger partial charge in [-0.05, 0) is 62.1 Å². The van der Waals surface area contributed by atoms with Crippen LogP contribution in [0.5, 0.6) is 0 Å². The van der Waals surface area contributed by atoms with Crippen LogP contribution in [0.1, 0.15) is 43.2 Å². The zero-order valence-electron chi connectivity index (χ0n) is 18.9. The first-order valence-electron chi connectivity index (χ1n) is 11.2. The summed E-state index contributed by atoms with van der Waals surface area (Å²) in [4.78, 5) is 17.0. The molecule has 1 aliphatic rings. The maximum absolute atomic E-state index is 4.40. The largest absolute Gasteiger partial charge is 0.222 e. The van der Waals surface area contributed by atoms with E-state index in [0.29, 0.717) is 6.04 Å². The first-order valence-corrected chi connectivity index (χ1v) is 11.2. The molecule has 4 nitrogen and oxygen atoms in total. The molecule has 32 heavy (non-hydrogen) atoms. The van der Waals surface area contributed by atoms with Crippen LogP contribution in [0.25, 0.3) is 0 Å². The molecule has 0 aromatic heterocycles. The van der Waals surface area contributed by atoms with Gasteiger partial charge in [-0.3, -0.25) is 0 Å². The maximum atomic E-state index is 4.40. The maximum Gasteiger partial charge on any atom is 0.100 e. The van der Waals surface area contributed by atoms with Gasteiger partial charge in [-0.15, -0.1) is 0 Å². The SMILES string of the molecule is Cc1ccccc1N=C=NC1CCCCC1.Cc1ccccc1N=C=Nc1ccccc1. The molecular formula is C28H30N4. The quantitative estimate of drug-likeness (QED) is 0.380. The molecule has 0 bridgehead atoms. The molecule has 0 unspecified atom stereocenters. The minimum Gasteiger partial charge on any atom is -0.222 e. The predicted molar refractivity (Wildman–Crippen MR) is 134 cm³/mol. The summed E-state index contributed by atoms with van der Waals surface area (Å²) in [6.07, 6.45) is 6.38. The van der Waals surface area contributed by atoms with E-state index in [1.807, 2.05) is 79.7 Å². The highest BCUT2D eigenvalue weighted by Crippen LogP contribution is 2.20. The van der Waals surface area contributed by atoms with Crippen molar-refractivity contribution in [2.24, 2.45) is 20.0 Å². The third-order valence-corrected chi connectivity index (χ3v) is 5.32. The number of para-hydroxylation sites is 3. The lowest BCUT2D eigenvalue weighted by atomic mass is 9.96. The summed E-state index contributed by atoms with van der Waals surface area (Å²) in [6, 6.07) is 31.7. The first kappa shape index (κ1) is 23.1. The summed E-state index contributed by atoms with van der Waals surface area (Å²) >= 11 is 0. The number of hydrogen-bond acceptors (Lipinski definition) is 4. The molecule has 0 spiro atoms. The average molecular weight is 423 g/mol. The molecule has 0 aliphatic heterocycles. The van der Waals surface area contributed by atoms with E-state index in [0.717, 1.165) is 22.6 Å². The van der Waals surface area contributed by atoms with Crippen LogP contribution in [0.2, 0.25) is 0 Å². The third kappa shape index (κ3) is 7.92. The molecule has 1 fully saturated rings. The Morgan fingerprint density at radius 1 is 0.594 bits per heavy atom. The third-order valence-electron chi connectivity index (χ3n) is 5.32. The zero-order chi connectivity index (χ0) is 22.4. The summed E-state index contributed by atoms with van der Waals surface area (Å²) < 4.78 is 0. The van der Waals surface area contributed by atoms with Gasteiger partial charge < -0.3 is 0 Å². The van der Waals surface area contributed by atoms with Crippen LogP contribution < -0.4 is 0 Å². The van der Waals surface area contributed by atoms with E-state index in [-0.39, 0.29) is 0 Å². The minimum atomic E-state index is 0.460. The second kappa shape index (κ2) is 13.0. The monoisotopic (exact) mass is 422 g/mol. The van der Waals surface area contributed by atoms with E-state index < -0.39 is 0 Å². The molecule has 0 amide bonds. The van der Waals surface area contributed by atoms with Crippen LogP contribution in [0.15, 0.2) is 98.8 Å². The Kier molecular flexibility index (Phi) is 9.36. The Balaban J connectivity index is 0.000000181. The van der Waals surface area contributed by atoms with Gasteiger partial charge in [0.05, 0.1) is 29.1 Å². The molecule has 162 valence electrons. The predicted octanol–water partition coefficient (Wildman–Crippen LogP) is 8.27. The van der Waals surface area contributed by atoms with Crippen molar-refractivity contribution in [3.8, 4) is 0 Å². The van der Waals surface area contributed by atoms with E-state index in [2.05, 4.69) is 45.0 Å². The number of hydrogen-bond donors (Lipinski definition) is 0. The van der Waals surface area contributed by atoms with Crippen LogP contribution in [0, 0.1) is 13.8 Å². The lowest BCUT2D eigenvalue weighted by Gasteiger charge is -2.15. The van der Waals surface area contributed by atoms with Crippen molar-refractivity contribution in [3.05, 3.63) is 90.0 Å². The van der Waals surface area contributed by atoms with Crippen LogP contribution in [0.4, 0.5) is 17.1 Å². The Morgan fingerprint density at radius 2 is 1.12 bits per heavy atom. The molecule has 1 aliphatic carbocycles. The highest BCUT2D eigenvalue weighted by Gasteiger charge is 2.10.